The molecular weight excluding hydrogens is 460 g/mol. The van der Waals surface area contributed by atoms with Crippen molar-refractivity contribution in [3.05, 3.63) is 88.7 Å². The molecular formula is C27H26N4O3S. The number of hydrogen-bond acceptors (Lipinski definition) is 7. The first-order valence-corrected chi connectivity index (χ1v) is 12.5. The molecule has 7 nitrogen and oxygen atoms in total. The summed E-state index contributed by atoms with van der Waals surface area (Å²) in [4.78, 5) is 38.0. The Morgan fingerprint density at radius 3 is 2.74 bits per heavy atom. The summed E-state index contributed by atoms with van der Waals surface area (Å²) in [6.45, 7) is 1.70. The first-order valence-electron chi connectivity index (χ1n) is 11.6. The number of ether oxygens (including phenoxy) is 1. The maximum absolute atomic E-state index is 12.8. The van der Waals surface area contributed by atoms with Gasteiger partial charge in [0.15, 0.2) is 0 Å². The highest BCUT2D eigenvalue weighted by atomic mass is 32.1. The standard InChI is InChI=1S/C27H26N4O3S/c1-34-27(33)24-23(30-25(32)18-8-3-2-4-9-18)21-13-12-20(29-26(21)35-24)17-31-15-6-5-11-22(31)19-10-7-14-28-16-19/h2-4,7-10,12-14,16,22H,5-6,11,15,17H2,1H3,(H,30,32)/t22-/m1/s1. The zero-order valence-corrected chi connectivity index (χ0v) is 20.3. The lowest BCUT2D eigenvalue weighted by Gasteiger charge is -2.35. The van der Waals surface area contributed by atoms with Gasteiger partial charge in [-0.05, 0) is 55.3 Å². The lowest BCUT2D eigenvalue weighted by Crippen LogP contribution is -2.33. The number of carbonyl (C=O) groups excluding carboxylic acids is 2. The van der Waals surface area contributed by atoms with E-state index < -0.39 is 5.97 Å². The van der Waals surface area contributed by atoms with Gasteiger partial charge in [0.05, 0.1) is 18.5 Å². The molecule has 4 aromatic rings. The number of fused-ring (bicyclic) bond motifs is 1. The minimum atomic E-state index is -0.495. The van der Waals surface area contributed by atoms with Crippen LogP contribution in [0.25, 0.3) is 10.2 Å². The zero-order valence-electron chi connectivity index (χ0n) is 19.4. The second kappa shape index (κ2) is 10.3. The van der Waals surface area contributed by atoms with Crippen molar-refractivity contribution in [2.24, 2.45) is 0 Å². The van der Waals surface area contributed by atoms with Crippen LogP contribution in [0.5, 0.6) is 0 Å². The van der Waals surface area contributed by atoms with E-state index in [9.17, 15) is 9.59 Å². The quantitative estimate of drug-likeness (QED) is 0.365. The Hall–Kier alpha value is -3.62. The Morgan fingerprint density at radius 2 is 1.97 bits per heavy atom. The number of esters is 1. The monoisotopic (exact) mass is 486 g/mol. The number of carbonyl (C=O) groups is 2. The van der Waals surface area contributed by atoms with E-state index in [1.54, 1.807) is 30.5 Å². The number of nitrogens with zero attached hydrogens (tertiary/aromatic N) is 3. The number of nitrogens with one attached hydrogen (secondary N) is 1. The van der Waals surface area contributed by atoms with Crippen LogP contribution in [-0.4, -0.2) is 40.4 Å². The van der Waals surface area contributed by atoms with Crippen molar-refractivity contribution in [3.63, 3.8) is 0 Å². The predicted molar refractivity (Wildman–Crippen MR) is 137 cm³/mol. The minimum Gasteiger partial charge on any atom is -0.465 e. The second-order valence-corrected chi connectivity index (χ2v) is 9.54. The summed E-state index contributed by atoms with van der Waals surface area (Å²) in [5, 5.41) is 3.64. The molecule has 178 valence electrons. The third-order valence-corrected chi connectivity index (χ3v) is 7.39. The van der Waals surface area contributed by atoms with Crippen molar-refractivity contribution >= 4 is 39.1 Å². The number of thiophene rings is 1. The smallest absolute Gasteiger partial charge is 0.350 e. The van der Waals surface area contributed by atoms with Crippen molar-refractivity contribution in [3.8, 4) is 0 Å². The largest absolute Gasteiger partial charge is 0.465 e. The third kappa shape index (κ3) is 4.94. The summed E-state index contributed by atoms with van der Waals surface area (Å²) in [5.74, 6) is -0.780. The number of benzene rings is 1. The van der Waals surface area contributed by atoms with Crippen LogP contribution in [0.4, 0.5) is 5.69 Å². The van der Waals surface area contributed by atoms with E-state index in [1.165, 1.54) is 30.4 Å². The number of hydrogen-bond donors (Lipinski definition) is 1. The summed E-state index contributed by atoms with van der Waals surface area (Å²) in [7, 11) is 1.34. The van der Waals surface area contributed by atoms with Crippen molar-refractivity contribution in [2.75, 3.05) is 19.0 Å². The van der Waals surface area contributed by atoms with Crippen molar-refractivity contribution in [1.82, 2.24) is 14.9 Å². The molecule has 1 saturated heterocycles. The van der Waals surface area contributed by atoms with Gasteiger partial charge in [-0.2, -0.15) is 0 Å². The molecule has 1 N–H and O–H groups in total. The highest BCUT2D eigenvalue weighted by Crippen LogP contribution is 2.37. The van der Waals surface area contributed by atoms with Gasteiger partial charge in [0.1, 0.15) is 9.71 Å². The Bertz CT molecular complexity index is 1340. The van der Waals surface area contributed by atoms with Crippen molar-refractivity contribution in [2.45, 2.75) is 31.8 Å². The molecule has 4 heterocycles. The number of aromatic nitrogens is 2. The molecule has 35 heavy (non-hydrogen) atoms. The van der Waals surface area contributed by atoms with E-state index in [2.05, 4.69) is 21.3 Å². The summed E-state index contributed by atoms with van der Waals surface area (Å²) in [5.41, 5.74) is 3.10. The van der Waals surface area contributed by atoms with Crippen LogP contribution in [0.15, 0.2) is 67.0 Å². The van der Waals surface area contributed by atoms with E-state index in [0.717, 1.165) is 30.5 Å². The molecule has 0 bridgehead atoms. The van der Waals surface area contributed by atoms with Crippen molar-refractivity contribution in [1.29, 1.82) is 0 Å². The normalized spacial score (nSPS) is 16.2. The first kappa shape index (κ1) is 23.1. The van der Waals surface area contributed by atoms with Gasteiger partial charge in [0.2, 0.25) is 0 Å². The average Bonchev–Trinajstić information content (AvgIpc) is 3.27. The average molecular weight is 487 g/mol. The Labute approximate surface area is 207 Å². The van der Waals surface area contributed by atoms with E-state index in [0.29, 0.717) is 33.5 Å². The summed E-state index contributed by atoms with van der Waals surface area (Å²) >= 11 is 1.24. The van der Waals surface area contributed by atoms with Gasteiger partial charge < -0.3 is 10.1 Å². The minimum absolute atomic E-state index is 0.285. The van der Waals surface area contributed by atoms with Gasteiger partial charge in [-0.1, -0.05) is 30.7 Å². The molecule has 0 saturated carbocycles. The molecule has 1 aromatic carbocycles. The van der Waals surface area contributed by atoms with Gasteiger partial charge in [0, 0.05) is 35.9 Å². The highest BCUT2D eigenvalue weighted by molar-refractivity contribution is 7.21. The molecule has 1 aliphatic rings. The topological polar surface area (TPSA) is 84.4 Å². The molecule has 0 unspecified atom stereocenters. The van der Waals surface area contributed by atoms with E-state index >= 15 is 0 Å². The maximum Gasteiger partial charge on any atom is 0.350 e. The number of methoxy groups -OCH3 is 1. The Balaban J connectivity index is 1.45. The maximum atomic E-state index is 12.8. The molecule has 0 spiro atoms. The van der Waals surface area contributed by atoms with E-state index in [1.807, 2.05) is 30.5 Å². The molecule has 3 aromatic heterocycles. The van der Waals surface area contributed by atoms with Gasteiger partial charge in [0.25, 0.3) is 5.91 Å². The predicted octanol–water partition coefficient (Wildman–Crippen LogP) is 5.46. The highest BCUT2D eigenvalue weighted by Gasteiger charge is 2.26. The fourth-order valence-electron chi connectivity index (χ4n) is 4.58. The molecule has 1 fully saturated rings. The molecule has 1 aliphatic heterocycles. The van der Waals surface area contributed by atoms with Crippen LogP contribution in [0, 0.1) is 0 Å². The molecule has 1 atom stereocenters. The molecule has 0 aliphatic carbocycles. The van der Waals surface area contributed by atoms with Crippen LogP contribution in [0.1, 0.15) is 56.6 Å². The number of likely N-dealkylation sites (tertiary alicyclic amines) is 1. The number of amides is 1. The SMILES string of the molecule is COC(=O)c1sc2nc(CN3CCCC[C@@H]3c3cccnc3)ccc2c1NC(=O)c1ccccc1. The zero-order chi connectivity index (χ0) is 24.2. The van der Waals surface area contributed by atoms with E-state index in [4.69, 9.17) is 9.72 Å². The molecule has 8 heteroatoms. The lowest BCUT2D eigenvalue weighted by atomic mass is 9.96. The molecule has 5 rings (SSSR count). The summed E-state index contributed by atoms with van der Waals surface area (Å²) < 4.78 is 4.99. The lowest BCUT2D eigenvalue weighted by molar-refractivity contribution is 0.0607. The third-order valence-electron chi connectivity index (χ3n) is 6.31. The van der Waals surface area contributed by atoms with Crippen LogP contribution in [0.2, 0.25) is 0 Å². The fourth-order valence-corrected chi connectivity index (χ4v) is 5.65. The van der Waals surface area contributed by atoms with Gasteiger partial charge in [-0.25, -0.2) is 9.78 Å². The number of rotatable bonds is 6. The Morgan fingerprint density at radius 1 is 1.11 bits per heavy atom. The molecule has 1 amide bonds. The van der Waals surface area contributed by atoms with E-state index in [-0.39, 0.29) is 5.91 Å². The van der Waals surface area contributed by atoms with Gasteiger partial charge >= 0.3 is 5.97 Å². The fraction of sp³-hybridized carbons (Fsp3) is 0.259. The number of piperidine rings is 1. The first-order chi connectivity index (χ1) is 17.1. The van der Waals surface area contributed by atoms with Gasteiger partial charge in [-0.3, -0.25) is 14.7 Å². The second-order valence-electron chi connectivity index (χ2n) is 8.54. The number of pyridine rings is 2. The Kier molecular flexibility index (Phi) is 6.83. The van der Waals surface area contributed by atoms with Crippen LogP contribution < -0.4 is 5.32 Å². The number of anilines is 1. The summed E-state index contributed by atoms with van der Waals surface area (Å²) in [6, 6.07) is 17.3. The van der Waals surface area contributed by atoms with Crippen LogP contribution >= 0.6 is 11.3 Å². The van der Waals surface area contributed by atoms with Crippen LogP contribution in [-0.2, 0) is 11.3 Å². The van der Waals surface area contributed by atoms with Gasteiger partial charge in [-0.15, -0.1) is 11.3 Å². The van der Waals surface area contributed by atoms with Crippen molar-refractivity contribution < 1.29 is 14.3 Å². The summed E-state index contributed by atoms with van der Waals surface area (Å²) in [6.07, 6.45) is 7.19. The van der Waals surface area contributed by atoms with Crippen LogP contribution in [0.3, 0.4) is 0 Å². The molecule has 0 radical (unpaired) electrons.